The number of carbonyl (C=O) groups is 2. The second kappa shape index (κ2) is 8.00. The van der Waals surface area contributed by atoms with E-state index in [4.69, 9.17) is 5.73 Å². The molecule has 2 amide bonds. The van der Waals surface area contributed by atoms with Crippen LogP contribution in [0.1, 0.15) is 55.8 Å². The van der Waals surface area contributed by atoms with Crippen LogP contribution in [0.25, 0.3) is 0 Å². The van der Waals surface area contributed by atoms with Crippen LogP contribution in [0.5, 0.6) is 0 Å². The maximum Gasteiger partial charge on any atom is 0.251 e. The van der Waals surface area contributed by atoms with Crippen molar-refractivity contribution in [3.8, 4) is 0 Å². The fourth-order valence-electron chi connectivity index (χ4n) is 4.09. The summed E-state index contributed by atoms with van der Waals surface area (Å²) in [5.41, 5.74) is 6.64. The van der Waals surface area contributed by atoms with E-state index in [1.54, 1.807) is 0 Å². The molecule has 1 saturated heterocycles. The van der Waals surface area contributed by atoms with E-state index in [2.05, 4.69) is 12.2 Å². The fraction of sp³-hybridized carbons (Fsp3) is 0.600. The average Bonchev–Trinajstić information content (AvgIpc) is 2.62. The first-order valence-corrected chi connectivity index (χ1v) is 9.46. The summed E-state index contributed by atoms with van der Waals surface area (Å²) in [4.78, 5) is 27.1. The largest absolute Gasteiger partial charge is 0.349 e. The standard InChI is InChI=1S/C20H29N3O2/c1-14-13-18(22-19(24)15-5-3-2-4-6-15)11-12-23(14)20(25)16-7-9-17(21)10-8-16/h2-6,14,16-18H,7-13,21H2,1H3,(H,22,24)/t14-,16?,17?,18+/m1/s1. The van der Waals surface area contributed by atoms with Crippen LogP contribution in [0, 0.1) is 5.92 Å². The predicted octanol–water partition coefficient (Wildman–Crippen LogP) is 2.31. The second-order valence-electron chi connectivity index (χ2n) is 7.55. The van der Waals surface area contributed by atoms with Gasteiger partial charge in [0.05, 0.1) is 0 Å². The zero-order valence-electron chi connectivity index (χ0n) is 15.0. The molecule has 0 aromatic heterocycles. The molecular weight excluding hydrogens is 314 g/mol. The van der Waals surface area contributed by atoms with Gasteiger partial charge in [0.25, 0.3) is 5.91 Å². The third-order valence-corrected chi connectivity index (χ3v) is 5.65. The van der Waals surface area contributed by atoms with Crippen molar-refractivity contribution in [3.63, 3.8) is 0 Å². The van der Waals surface area contributed by atoms with Gasteiger partial charge in [0, 0.05) is 36.2 Å². The molecule has 0 unspecified atom stereocenters. The lowest BCUT2D eigenvalue weighted by atomic mass is 9.84. The van der Waals surface area contributed by atoms with Crippen LogP contribution in [0.3, 0.4) is 0 Å². The highest BCUT2D eigenvalue weighted by atomic mass is 16.2. The number of nitrogens with zero attached hydrogens (tertiary/aromatic N) is 1. The van der Waals surface area contributed by atoms with E-state index >= 15 is 0 Å². The number of carbonyl (C=O) groups excluding carboxylic acids is 2. The van der Waals surface area contributed by atoms with Crippen molar-refractivity contribution in [3.05, 3.63) is 35.9 Å². The van der Waals surface area contributed by atoms with Crippen LogP contribution < -0.4 is 11.1 Å². The van der Waals surface area contributed by atoms with Crippen molar-refractivity contribution in [2.24, 2.45) is 11.7 Å². The van der Waals surface area contributed by atoms with E-state index in [-0.39, 0.29) is 35.9 Å². The highest BCUT2D eigenvalue weighted by Crippen LogP contribution is 2.28. The van der Waals surface area contributed by atoms with Crippen LogP contribution in [-0.4, -0.2) is 41.4 Å². The molecule has 1 aliphatic carbocycles. The van der Waals surface area contributed by atoms with Crippen molar-refractivity contribution in [1.29, 1.82) is 0 Å². The molecule has 0 spiro atoms. The Morgan fingerprint density at radius 3 is 2.40 bits per heavy atom. The van der Waals surface area contributed by atoms with Gasteiger partial charge in [-0.05, 0) is 57.6 Å². The summed E-state index contributed by atoms with van der Waals surface area (Å²) in [5, 5.41) is 3.12. The molecule has 1 aliphatic heterocycles. The fourth-order valence-corrected chi connectivity index (χ4v) is 4.09. The Morgan fingerprint density at radius 1 is 1.08 bits per heavy atom. The number of piperidine rings is 1. The molecule has 2 fully saturated rings. The predicted molar refractivity (Wildman–Crippen MR) is 98.0 cm³/mol. The summed E-state index contributed by atoms with van der Waals surface area (Å²) in [6, 6.07) is 9.85. The van der Waals surface area contributed by atoms with Gasteiger partial charge in [-0.15, -0.1) is 0 Å². The third kappa shape index (κ3) is 4.40. The van der Waals surface area contributed by atoms with Crippen molar-refractivity contribution in [1.82, 2.24) is 10.2 Å². The number of benzene rings is 1. The first-order valence-electron chi connectivity index (χ1n) is 9.46. The van der Waals surface area contributed by atoms with Gasteiger partial charge in [-0.2, -0.15) is 0 Å². The molecule has 25 heavy (non-hydrogen) atoms. The molecule has 2 aliphatic rings. The number of hydrogen-bond donors (Lipinski definition) is 2. The number of amides is 2. The molecule has 1 heterocycles. The summed E-state index contributed by atoms with van der Waals surface area (Å²) in [6.07, 6.45) is 5.37. The number of nitrogens with one attached hydrogen (secondary N) is 1. The molecule has 3 N–H and O–H groups in total. The Kier molecular flexibility index (Phi) is 5.74. The van der Waals surface area contributed by atoms with Gasteiger partial charge in [-0.1, -0.05) is 18.2 Å². The Morgan fingerprint density at radius 2 is 1.76 bits per heavy atom. The van der Waals surface area contributed by atoms with Gasteiger partial charge >= 0.3 is 0 Å². The van der Waals surface area contributed by atoms with E-state index < -0.39 is 0 Å². The Hall–Kier alpha value is -1.88. The monoisotopic (exact) mass is 343 g/mol. The molecule has 5 nitrogen and oxygen atoms in total. The Bertz CT molecular complexity index is 596. The van der Waals surface area contributed by atoms with Gasteiger partial charge in [0.1, 0.15) is 0 Å². The van der Waals surface area contributed by atoms with Crippen molar-refractivity contribution in [2.45, 2.75) is 63.6 Å². The summed E-state index contributed by atoms with van der Waals surface area (Å²) >= 11 is 0. The smallest absolute Gasteiger partial charge is 0.251 e. The second-order valence-corrected chi connectivity index (χ2v) is 7.55. The minimum absolute atomic E-state index is 0.0288. The molecule has 5 heteroatoms. The summed E-state index contributed by atoms with van der Waals surface area (Å²) in [6.45, 7) is 2.82. The normalized spacial score (nSPS) is 29.9. The summed E-state index contributed by atoms with van der Waals surface area (Å²) in [5.74, 6) is 0.392. The Balaban J connectivity index is 1.52. The first kappa shape index (κ1) is 17.9. The van der Waals surface area contributed by atoms with Crippen LogP contribution in [0.15, 0.2) is 30.3 Å². The quantitative estimate of drug-likeness (QED) is 0.884. The molecule has 136 valence electrons. The van der Waals surface area contributed by atoms with Crippen LogP contribution in [0.2, 0.25) is 0 Å². The summed E-state index contributed by atoms with van der Waals surface area (Å²) < 4.78 is 0. The highest BCUT2D eigenvalue weighted by molar-refractivity contribution is 5.94. The molecule has 1 aromatic rings. The maximum atomic E-state index is 12.8. The van der Waals surface area contributed by atoms with Crippen LogP contribution in [0.4, 0.5) is 0 Å². The Labute approximate surface area is 150 Å². The van der Waals surface area contributed by atoms with Crippen LogP contribution in [-0.2, 0) is 4.79 Å². The molecule has 0 radical (unpaired) electrons. The van der Waals surface area contributed by atoms with Gasteiger partial charge < -0.3 is 16.0 Å². The van der Waals surface area contributed by atoms with Gasteiger partial charge in [-0.3, -0.25) is 9.59 Å². The average molecular weight is 343 g/mol. The first-order chi connectivity index (χ1) is 12.0. The molecule has 2 atom stereocenters. The highest BCUT2D eigenvalue weighted by Gasteiger charge is 2.34. The van der Waals surface area contributed by atoms with Crippen molar-refractivity contribution in [2.75, 3.05) is 6.54 Å². The van der Waals surface area contributed by atoms with Crippen molar-refractivity contribution >= 4 is 11.8 Å². The van der Waals surface area contributed by atoms with E-state index in [1.807, 2.05) is 35.2 Å². The molecule has 0 bridgehead atoms. The zero-order chi connectivity index (χ0) is 17.8. The summed E-state index contributed by atoms with van der Waals surface area (Å²) in [7, 11) is 0. The molecule has 3 rings (SSSR count). The van der Waals surface area contributed by atoms with E-state index in [9.17, 15) is 9.59 Å². The lowest BCUT2D eigenvalue weighted by Gasteiger charge is -2.40. The molecular formula is C20H29N3O2. The minimum atomic E-state index is -0.0288. The third-order valence-electron chi connectivity index (χ3n) is 5.65. The number of rotatable bonds is 3. The number of hydrogen-bond acceptors (Lipinski definition) is 3. The molecule has 1 aromatic carbocycles. The van der Waals surface area contributed by atoms with Crippen LogP contribution >= 0.6 is 0 Å². The van der Waals surface area contributed by atoms with Gasteiger partial charge in [0.2, 0.25) is 5.91 Å². The maximum absolute atomic E-state index is 12.8. The topological polar surface area (TPSA) is 75.4 Å². The number of nitrogens with two attached hydrogens (primary N) is 1. The van der Waals surface area contributed by atoms with Crippen molar-refractivity contribution < 1.29 is 9.59 Å². The zero-order valence-corrected chi connectivity index (χ0v) is 15.0. The van der Waals surface area contributed by atoms with E-state index in [0.717, 1.165) is 45.1 Å². The lowest BCUT2D eigenvalue weighted by molar-refractivity contribution is -0.140. The molecule has 1 saturated carbocycles. The van der Waals surface area contributed by atoms with E-state index in [1.165, 1.54) is 0 Å². The SMILES string of the molecule is C[C@@H]1C[C@@H](NC(=O)c2ccccc2)CCN1C(=O)C1CCC(N)CC1. The van der Waals surface area contributed by atoms with E-state index in [0.29, 0.717) is 5.56 Å². The number of likely N-dealkylation sites (tertiary alicyclic amines) is 1. The van der Waals surface area contributed by atoms with Gasteiger partial charge in [0.15, 0.2) is 0 Å². The van der Waals surface area contributed by atoms with Gasteiger partial charge in [-0.25, -0.2) is 0 Å². The minimum Gasteiger partial charge on any atom is -0.349 e. The lowest BCUT2D eigenvalue weighted by Crippen LogP contribution is -2.52.